The summed E-state index contributed by atoms with van der Waals surface area (Å²) in [6.45, 7) is 8.84. The molecule has 1 aliphatic heterocycles. The molecule has 18 heavy (non-hydrogen) atoms. The molecule has 1 atom stereocenters. The van der Waals surface area contributed by atoms with Gasteiger partial charge in [0, 0.05) is 12.2 Å². The molecule has 100 valence electrons. The van der Waals surface area contributed by atoms with Crippen molar-refractivity contribution >= 4 is 5.69 Å². The highest BCUT2D eigenvalue weighted by molar-refractivity contribution is 5.50. The lowest BCUT2D eigenvalue weighted by Gasteiger charge is -2.43. The van der Waals surface area contributed by atoms with Crippen LogP contribution in [0.1, 0.15) is 38.9 Å². The molecule has 1 aliphatic rings. The van der Waals surface area contributed by atoms with E-state index in [0.29, 0.717) is 0 Å². The van der Waals surface area contributed by atoms with Crippen LogP contribution in [0.2, 0.25) is 0 Å². The molecule has 1 heterocycles. The number of aliphatic hydroxyl groups is 1. The number of ether oxygens (including phenoxy) is 1. The molecule has 3 nitrogen and oxygen atoms in total. The maximum atomic E-state index is 9.80. The van der Waals surface area contributed by atoms with Crippen LogP contribution in [0.25, 0.3) is 0 Å². The first-order chi connectivity index (χ1) is 8.54. The second kappa shape index (κ2) is 5.29. The van der Waals surface area contributed by atoms with Gasteiger partial charge in [0.05, 0.1) is 24.9 Å². The minimum absolute atomic E-state index is 0.0309. The van der Waals surface area contributed by atoms with Gasteiger partial charge in [-0.3, -0.25) is 0 Å². The van der Waals surface area contributed by atoms with Crippen molar-refractivity contribution in [3.63, 3.8) is 0 Å². The van der Waals surface area contributed by atoms with Crippen LogP contribution in [0.15, 0.2) is 24.3 Å². The summed E-state index contributed by atoms with van der Waals surface area (Å²) < 4.78 is 5.53. The van der Waals surface area contributed by atoms with Crippen LogP contribution in [0, 0.1) is 0 Å². The first kappa shape index (κ1) is 13.4. The molecule has 1 N–H and O–H groups in total. The summed E-state index contributed by atoms with van der Waals surface area (Å²) in [5.41, 5.74) is 2.23. The Hall–Kier alpha value is -1.06. The molecule has 1 saturated heterocycles. The Bertz CT molecular complexity index is 386. The summed E-state index contributed by atoms with van der Waals surface area (Å²) in [5.74, 6) is 0. The van der Waals surface area contributed by atoms with Gasteiger partial charge in [0.15, 0.2) is 0 Å². The summed E-state index contributed by atoms with van der Waals surface area (Å²) >= 11 is 0. The van der Waals surface area contributed by atoms with E-state index in [0.717, 1.165) is 31.7 Å². The SMILES string of the molecule is CC[C@H](O)c1ccc(N2CCOCC2(C)C)cc1. The van der Waals surface area contributed by atoms with Crippen molar-refractivity contribution in [1.29, 1.82) is 0 Å². The van der Waals surface area contributed by atoms with Gasteiger partial charge in [-0.05, 0) is 38.0 Å². The van der Waals surface area contributed by atoms with E-state index >= 15 is 0 Å². The van der Waals surface area contributed by atoms with Gasteiger partial charge in [-0.1, -0.05) is 19.1 Å². The van der Waals surface area contributed by atoms with Crippen molar-refractivity contribution in [2.75, 3.05) is 24.7 Å². The molecule has 2 rings (SSSR count). The Labute approximate surface area is 109 Å². The number of anilines is 1. The van der Waals surface area contributed by atoms with Crippen LogP contribution in [0.3, 0.4) is 0 Å². The molecular formula is C15H23NO2. The summed E-state index contributed by atoms with van der Waals surface area (Å²) in [6, 6.07) is 8.24. The molecule has 3 heteroatoms. The van der Waals surface area contributed by atoms with E-state index in [9.17, 15) is 5.11 Å². The minimum Gasteiger partial charge on any atom is -0.388 e. The Morgan fingerprint density at radius 1 is 1.33 bits per heavy atom. The summed E-state index contributed by atoms with van der Waals surface area (Å²) in [7, 11) is 0. The number of nitrogens with zero attached hydrogens (tertiary/aromatic N) is 1. The number of aliphatic hydroxyl groups excluding tert-OH is 1. The average Bonchev–Trinajstić information content (AvgIpc) is 2.37. The molecule has 0 bridgehead atoms. The molecule has 0 unspecified atom stereocenters. The number of rotatable bonds is 3. The molecule has 0 saturated carbocycles. The van der Waals surface area contributed by atoms with Gasteiger partial charge in [-0.15, -0.1) is 0 Å². The molecule has 1 aromatic rings. The Balaban J connectivity index is 2.18. The first-order valence-corrected chi connectivity index (χ1v) is 6.68. The molecule has 1 aromatic carbocycles. The van der Waals surface area contributed by atoms with E-state index in [4.69, 9.17) is 4.74 Å². The van der Waals surface area contributed by atoms with Crippen LogP contribution in [0.4, 0.5) is 5.69 Å². The maximum Gasteiger partial charge on any atom is 0.0787 e. The molecule has 0 radical (unpaired) electrons. The van der Waals surface area contributed by atoms with E-state index < -0.39 is 0 Å². The van der Waals surface area contributed by atoms with Crippen LogP contribution < -0.4 is 4.90 Å². The monoisotopic (exact) mass is 249 g/mol. The van der Waals surface area contributed by atoms with Gasteiger partial charge in [0.1, 0.15) is 0 Å². The molecule has 0 amide bonds. The van der Waals surface area contributed by atoms with Crippen molar-refractivity contribution < 1.29 is 9.84 Å². The molecule has 1 fully saturated rings. The van der Waals surface area contributed by atoms with Gasteiger partial charge in [-0.2, -0.15) is 0 Å². The van der Waals surface area contributed by atoms with E-state index in [1.807, 2.05) is 19.1 Å². The Morgan fingerprint density at radius 2 is 2.00 bits per heavy atom. The predicted octanol–water partition coefficient (Wildman–Crippen LogP) is 2.75. The Kier molecular flexibility index (Phi) is 3.93. The number of hydrogen-bond acceptors (Lipinski definition) is 3. The summed E-state index contributed by atoms with van der Waals surface area (Å²) in [5, 5.41) is 9.80. The molecule has 0 spiro atoms. The van der Waals surface area contributed by atoms with Gasteiger partial charge in [0.2, 0.25) is 0 Å². The number of benzene rings is 1. The predicted molar refractivity (Wildman–Crippen MR) is 73.9 cm³/mol. The van der Waals surface area contributed by atoms with Crippen LogP contribution in [-0.2, 0) is 4.74 Å². The molecule has 0 aromatic heterocycles. The topological polar surface area (TPSA) is 32.7 Å². The smallest absolute Gasteiger partial charge is 0.0787 e. The lowest BCUT2D eigenvalue weighted by Crippen LogP contribution is -2.53. The van der Waals surface area contributed by atoms with Crippen LogP contribution in [0.5, 0.6) is 0 Å². The average molecular weight is 249 g/mol. The van der Waals surface area contributed by atoms with Gasteiger partial charge < -0.3 is 14.7 Å². The summed E-state index contributed by atoms with van der Waals surface area (Å²) in [4.78, 5) is 2.37. The number of morpholine rings is 1. The second-order valence-electron chi connectivity index (χ2n) is 5.53. The zero-order valence-corrected chi connectivity index (χ0v) is 11.5. The van der Waals surface area contributed by atoms with Crippen molar-refractivity contribution in [1.82, 2.24) is 0 Å². The largest absolute Gasteiger partial charge is 0.388 e. The van der Waals surface area contributed by atoms with Crippen LogP contribution >= 0.6 is 0 Å². The van der Waals surface area contributed by atoms with Gasteiger partial charge in [-0.25, -0.2) is 0 Å². The standard InChI is InChI=1S/C15H23NO2/c1-4-14(17)12-5-7-13(8-6-12)16-9-10-18-11-15(16,2)3/h5-8,14,17H,4,9-11H2,1-3H3/t14-/m0/s1. The fourth-order valence-electron chi connectivity index (χ4n) is 2.45. The lowest BCUT2D eigenvalue weighted by molar-refractivity contribution is 0.0644. The van der Waals surface area contributed by atoms with Crippen molar-refractivity contribution in [3.05, 3.63) is 29.8 Å². The molecule has 0 aliphatic carbocycles. The third-order valence-electron chi connectivity index (χ3n) is 3.62. The first-order valence-electron chi connectivity index (χ1n) is 6.68. The van der Waals surface area contributed by atoms with E-state index in [-0.39, 0.29) is 11.6 Å². The van der Waals surface area contributed by atoms with Crippen molar-refractivity contribution in [2.45, 2.75) is 38.8 Å². The highest BCUT2D eigenvalue weighted by atomic mass is 16.5. The van der Waals surface area contributed by atoms with Crippen molar-refractivity contribution in [3.8, 4) is 0 Å². The second-order valence-corrected chi connectivity index (χ2v) is 5.53. The van der Waals surface area contributed by atoms with E-state index in [1.54, 1.807) is 0 Å². The minimum atomic E-state index is -0.350. The van der Waals surface area contributed by atoms with E-state index in [2.05, 4.69) is 30.9 Å². The van der Waals surface area contributed by atoms with Crippen molar-refractivity contribution in [2.24, 2.45) is 0 Å². The quantitative estimate of drug-likeness (QED) is 0.894. The number of hydrogen-bond donors (Lipinski definition) is 1. The normalized spacial score (nSPS) is 20.8. The third kappa shape index (κ3) is 2.68. The zero-order valence-electron chi connectivity index (χ0n) is 11.5. The molecular weight excluding hydrogens is 226 g/mol. The van der Waals surface area contributed by atoms with E-state index in [1.165, 1.54) is 5.69 Å². The summed E-state index contributed by atoms with van der Waals surface area (Å²) in [6.07, 6.45) is 0.402. The lowest BCUT2D eigenvalue weighted by atomic mass is 10.00. The third-order valence-corrected chi connectivity index (χ3v) is 3.62. The van der Waals surface area contributed by atoms with Gasteiger partial charge >= 0.3 is 0 Å². The van der Waals surface area contributed by atoms with Gasteiger partial charge in [0.25, 0.3) is 0 Å². The van der Waals surface area contributed by atoms with Crippen LogP contribution in [-0.4, -0.2) is 30.4 Å². The fraction of sp³-hybridized carbons (Fsp3) is 0.600. The maximum absolute atomic E-state index is 9.80. The highest BCUT2D eigenvalue weighted by Gasteiger charge is 2.30. The Morgan fingerprint density at radius 3 is 2.56 bits per heavy atom. The fourth-order valence-corrected chi connectivity index (χ4v) is 2.45. The highest BCUT2D eigenvalue weighted by Crippen LogP contribution is 2.28. The zero-order chi connectivity index (χ0) is 13.2.